The molecule has 4 rings (SSSR count). The fourth-order valence-corrected chi connectivity index (χ4v) is 4.96. The Balaban J connectivity index is 2.11. The van der Waals surface area contributed by atoms with Gasteiger partial charge in [-0.15, -0.1) is 11.3 Å². The van der Waals surface area contributed by atoms with Crippen molar-refractivity contribution in [2.75, 3.05) is 6.61 Å². The Kier molecular flexibility index (Phi) is 5.79. The molecule has 0 saturated carbocycles. The molecule has 0 radical (unpaired) electrons. The Labute approximate surface area is 187 Å². The number of hydrogen-bond acceptors (Lipinski definition) is 6. The first-order valence-corrected chi connectivity index (χ1v) is 10.8. The number of carbonyl (C=O) groups excluding carboxylic acids is 2. The van der Waals surface area contributed by atoms with Gasteiger partial charge in [-0.05, 0) is 24.1 Å². The van der Waals surface area contributed by atoms with Gasteiger partial charge in [0.05, 0.1) is 28.2 Å². The van der Waals surface area contributed by atoms with E-state index in [1.807, 2.05) is 36.4 Å². The summed E-state index contributed by atoms with van der Waals surface area (Å²) in [7, 11) is 0. The average molecular weight is 448 g/mol. The van der Waals surface area contributed by atoms with Gasteiger partial charge in [0.2, 0.25) is 5.91 Å². The Morgan fingerprint density at radius 3 is 2.28 bits per heavy atom. The summed E-state index contributed by atoms with van der Waals surface area (Å²) in [5, 5.41) is 0. The highest BCUT2D eigenvalue weighted by atomic mass is 32.1. The molecule has 32 heavy (non-hydrogen) atoms. The predicted molar refractivity (Wildman–Crippen MR) is 124 cm³/mol. The predicted octanol–water partition coefficient (Wildman–Crippen LogP) is 0.862. The van der Waals surface area contributed by atoms with Crippen LogP contribution in [-0.2, 0) is 14.3 Å². The molecule has 4 N–H and O–H groups in total. The molecule has 1 aliphatic heterocycles. The van der Waals surface area contributed by atoms with Crippen LogP contribution in [0, 0.1) is 0 Å². The van der Waals surface area contributed by atoms with E-state index in [4.69, 9.17) is 16.2 Å². The van der Waals surface area contributed by atoms with Crippen molar-refractivity contribution in [2.45, 2.75) is 12.8 Å². The number of hydrogen-bond donors (Lipinski definition) is 2. The summed E-state index contributed by atoms with van der Waals surface area (Å²) >= 11 is 1.11. The van der Waals surface area contributed by atoms with Crippen LogP contribution in [0.3, 0.4) is 0 Å². The molecular formula is C24H21N3O4S. The summed E-state index contributed by atoms with van der Waals surface area (Å²) in [4.78, 5) is 38.9. The third-order valence-electron chi connectivity index (χ3n) is 5.14. The molecule has 2 heterocycles. The van der Waals surface area contributed by atoms with Crippen molar-refractivity contribution in [3.05, 3.63) is 96.9 Å². The molecule has 7 nitrogen and oxygen atoms in total. The highest BCUT2D eigenvalue weighted by Gasteiger charge is 2.38. The number of carbonyl (C=O) groups is 2. The monoisotopic (exact) mass is 447 g/mol. The minimum absolute atomic E-state index is 0.0190. The second-order valence-electron chi connectivity index (χ2n) is 7.11. The maximum atomic E-state index is 13.3. The number of rotatable bonds is 5. The average Bonchev–Trinajstić information content (AvgIpc) is 3.10. The van der Waals surface area contributed by atoms with Crippen molar-refractivity contribution < 1.29 is 14.3 Å². The van der Waals surface area contributed by atoms with Gasteiger partial charge >= 0.3 is 5.97 Å². The Hall–Kier alpha value is -3.91. The molecule has 0 saturated heterocycles. The zero-order valence-electron chi connectivity index (χ0n) is 17.3. The normalized spacial score (nSPS) is 16.1. The van der Waals surface area contributed by atoms with E-state index in [9.17, 15) is 14.4 Å². The zero-order valence-corrected chi connectivity index (χ0v) is 18.1. The van der Waals surface area contributed by atoms with Gasteiger partial charge in [-0.3, -0.25) is 14.2 Å². The smallest absolute Gasteiger partial charge is 0.338 e. The quantitative estimate of drug-likeness (QED) is 0.563. The van der Waals surface area contributed by atoms with E-state index in [1.165, 1.54) is 4.57 Å². The van der Waals surface area contributed by atoms with Crippen LogP contribution in [0.1, 0.15) is 24.0 Å². The first-order chi connectivity index (χ1) is 15.4. The van der Waals surface area contributed by atoms with Crippen LogP contribution in [0.15, 0.2) is 71.0 Å². The summed E-state index contributed by atoms with van der Waals surface area (Å²) in [6, 6.07) is 18.3. The summed E-state index contributed by atoms with van der Waals surface area (Å²) in [6.07, 6.45) is 1.71. The van der Waals surface area contributed by atoms with Crippen LogP contribution in [0.4, 0.5) is 0 Å². The van der Waals surface area contributed by atoms with Gasteiger partial charge in [0.15, 0.2) is 0 Å². The second kappa shape index (κ2) is 8.68. The minimum atomic E-state index is -0.852. The van der Waals surface area contributed by atoms with Crippen molar-refractivity contribution >= 4 is 40.7 Å². The topological polar surface area (TPSA) is 117 Å². The fraction of sp³-hybridized carbons (Fsp3) is 0.125. The molecule has 1 aliphatic rings. The molecule has 3 aromatic rings. The van der Waals surface area contributed by atoms with Gasteiger partial charge in [-0.1, -0.05) is 60.7 Å². The fourth-order valence-electron chi connectivity index (χ4n) is 3.78. The number of fused-ring (bicyclic) bond motifs is 1. The maximum Gasteiger partial charge on any atom is 0.338 e. The zero-order chi connectivity index (χ0) is 22.8. The van der Waals surface area contributed by atoms with E-state index in [1.54, 1.807) is 37.3 Å². The molecule has 8 heteroatoms. The number of nitrogens with zero attached hydrogens (tertiary/aromatic N) is 1. The first-order valence-electron chi connectivity index (χ1n) is 9.98. The first kappa shape index (κ1) is 21.3. The number of aromatic nitrogens is 1. The number of primary amides is 1. The van der Waals surface area contributed by atoms with E-state index < -0.39 is 23.4 Å². The Bertz CT molecular complexity index is 1400. The van der Waals surface area contributed by atoms with Crippen molar-refractivity contribution in [2.24, 2.45) is 11.5 Å². The van der Waals surface area contributed by atoms with Crippen LogP contribution in [-0.4, -0.2) is 23.1 Å². The molecule has 1 unspecified atom stereocenters. The lowest BCUT2D eigenvalue weighted by Crippen LogP contribution is -2.42. The molecule has 0 spiro atoms. The lowest BCUT2D eigenvalue weighted by molar-refractivity contribution is -0.138. The van der Waals surface area contributed by atoms with Crippen LogP contribution in [0.25, 0.3) is 17.5 Å². The van der Waals surface area contributed by atoms with Crippen molar-refractivity contribution in [3.8, 4) is 0 Å². The largest absolute Gasteiger partial charge is 0.463 e. The highest BCUT2D eigenvalue weighted by molar-refractivity contribution is 7.07. The summed E-state index contributed by atoms with van der Waals surface area (Å²) < 4.78 is 7.09. The lowest BCUT2D eigenvalue weighted by Gasteiger charge is -2.26. The van der Waals surface area contributed by atoms with Gasteiger partial charge in [-0.2, -0.15) is 0 Å². The number of nitrogens with two attached hydrogens (primary N) is 2. The molecule has 0 bridgehead atoms. The van der Waals surface area contributed by atoms with Crippen LogP contribution >= 0.6 is 11.3 Å². The molecule has 2 aromatic carbocycles. The minimum Gasteiger partial charge on any atom is -0.463 e. The van der Waals surface area contributed by atoms with Crippen LogP contribution in [0.2, 0.25) is 0 Å². The van der Waals surface area contributed by atoms with E-state index in [0.717, 1.165) is 16.9 Å². The summed E-state index contributed by atoms with van der Waals surface area (Å²) in [5.74, 6) is -2.36. The number of amides is 1. The SMILES string of the molecule is CCOC(=O)C1=C(N)n2c(sc(=Cc3ccccc3)c2=O)=C(C(N)=O)C1c1ccccc1. The Morgan fingerprint density at radius 2 is 1.69 bits per heavy atom. The maximum absolute atomic E-state index is 13.3. The molecule has 1 aromatic heterocycles. The van der Waals surface area contributed by atoms with E-state index >= 15 is 0 Å². The van der Waals surface area contributed by atoms with Crippen LogP contribution < -0.4 is 26.2 Å². The molecule has 1 amide bonds. The van der Waals surface area contributed by atoms with E-state index in [-0.39, 0.29) is 23.6 Å². The van der Waals surface area contributed by atoms with Gasteiger partial charge in [0, 0.05) is 0 Å². The molecule has 162 valence electrons. The molecular weight excluding hydrogens is 426 g/mol. The number of esters is 1. The summed E-state index contributed by atoms with van der Waals surface area (Å²) in [6.45, 7) is 1.78. The second-order valence-corrected chi connectivity index (χ2v) is 8.14. The number of thiazole rings is 1. The third kappa shape index (κ3) is 3.65. The van der Waals surface area contributed by atoms with E-state index in [2.05, 4.69) is 0 Å². The molecule has 0 fully saturated rings. The van der Waals surface area contributed by atoms with Crippen molar-refractivity contribution in [3.63, 3.8) is 0 Å². The van der Waals surface area contributed by atoms with Gasteiger partial charge < -0.3 is 16.2 Å². The number of ether oxygens (including phenoxy) is 1. The number of benzene rings is 2. The standard InChI is InChI=1S/C24H21N3O4S/c1-2-31-24(30)18-17(15-11-7-4-8-12-15)19(21(26)28)23-27(20(18)25)22(29)16(32-23)13-14-9-5-3-6-10-14/h3-13,17H,2,25H2,1H3,(H2,26,28). The van der Waals surface area contributed by atoms with Gasteiger partial charge in [-0.25, -0.2) is 4.79 Å². The summed E-state index contributed by atoms with van der Waals surface area (Å²) in [5.41, 5.74) is 13.4. The van der Waals surface area contributed by atoms with Gasteiger partial charge in [0.25, 0.3) is 5.56 Å². The third-order valence-corrected chi connectivity index (χ3v) is 6.25. The Morgan fingerprint density at radius 1 is 1.06 bits per heavy atom. The molecule has 1 atom stereocenters. The van der Waals surface area contributed by atoms with Gasteiger partial charge in [0.1, 0.15) is 10.5 Å². The van der Waals surface area contributed by atoms with Crippen LogP contribution in [0.5, 0.6) is 0 Å². The highest BCUT2D eigenvalue weighted by Crippen LogP contribution is 2.36. The van der Waals surface area contributed by atoms with Crippen molar-refractivity contribution in [1.82, 2.24) is 4.57 Å². The lowest BCUT2D eigenvalue weighted by atomic mass is 9.83. The van der Waals surface area contributed by atoms with Crippen molar-refractivity contribution in [1.29, 1.82) is 0 Å². The van der Waals surface area contributed by atoms with E-state index in [0.29, 0.717) is 14.8 Å². The molecule has 0 aliphatic carbocycles.